The number of aliphatic hydroxyl groups excluding tert-OH is 1. The lowest BCUT2D eigenvalue weighted by Crippen LogP contribution is -2.16. The smallest absolute Gasteiger partial charge is 0.346 e. The molecule has 8 heteroatoms. The minimum Gasteiger partial charge on any atom is -0.496 e. The molecule has 1 aromatic heterocycles. The van der Waals surface area contributed by atoms with E-state index in [0.29, 0.717) is 0 Å². The lowest BCUT2D eigenvalue weighted by Gasteiger charge is -2.12. The first kappa shape index (κ1) is 19.9. The van der Waals surface area contributed by atoms with Crippen molar-refractivity contribution in [2.24, 2.45) is 0 Å². The molecule has 0 bridgehead atoms. The molecule has 0 radical (unpaired) electrons. The van der Waals surface area contributed by atoms with Crippen molar-refractivity contribution in [3.05, 3.63) is 57.7 Å². The summed E-state index contributed by atoms with van der Waals surface area (Å²) in [6, 6.07) is 0. The van der Waals surface area contributed by atoms with Gasteiger partial charge in [-0.15, -0.1) is 0 Å². The molecule has 0 aliphatic heterocycles. The van der Waals surface area contributed by atoms with Crippen LogP contribution in [0, 0.1) is 0 Å². The van der Waals surface area contributed by atoms with Crippen molar-refractivity contribution in [1.82, 2.24) is 0 Å². The highest BCUT2D eigenvalue weighted by molar-refractivity contribution is 5.85. The molecule has 134 valence electrons. The van der Waals surface area contributed by atoms with E-state index < -0.39 is 30.8 Å². The van der Waals surface area contributed by atoms with Gasteiger partial charge in [0, 0.05) is 12.2 Å². The fourth-order valence-corrected chi connectivity index (χ4v) is 1.85. The Morgan fingerprint density at radius 2 is 1.92 bits per heavy atom. The van der Waals surface area contributed by atoms with Crippen molar-refractivity contribution in [2.45, 2.75) is 20.1 Å². The third-order valence-electron chi connectivity index (χ3n) is 2.93. The van der Waals surface area contributed by atoms with Crippen LogP contribution < -0.4 is 10.4 Å². The number of aliphatic carboxylic acids is 1. The van der Waals surface area contributed by atoms with Crippen LogP contribution in [-0.4, -0.2) is 29.3 Å². The molecule has 0 aliphatic rings. The highest BCUT2D eigenvalue weighted by Gasteiger charge is 2.20. The van der Waals surface area contributed by atoms with Gasteiger partial charge in [-0.3, -0.25) is 0 Å². The van der Waals surface area contributed by atoms with Crippen LogP contribution >= 0.6 is 0 Å². The normalized spacial score (nSPS) is 11.5. The number of esters is 1. The number of methoxy groups -OCH3 is 1. The Morgan fingerprint density at radius 3 is 2.48 bits per heavy atom. The van der Waals surface area contributed by atoms with Gasteiger partial charge in [0.2, 0.25) is 0 Å². The molecule has 25 heavy (non-hydrogen) atoms. The molecule has 1 aromatic rings. The van der Waals surface area contributed by atoms with Gasteiger partial charge in [-0.25, -0.2) is 14.4 Å². The molecule has 1 heterocycles. The van der Waals surface area contributed by atoms with Crippen molar-refractivity contribution in [1.29, 1.82) is 0 Å². The summed E-state index contributed by atoms with van der Waals surface area (Å²) < 4.78 is 15.0. The zero-order chi connectivity index (χ0) is 18.8. The molecule has 2 N–H and O–H groups in total. The standard InChI is InChI=1S/C17H18O8/c1-3-4-5-6-15(21)24-10-12-16(23-2)11(9-18)13(25-17(12)22)7-8-14(19)20/h3-8,18H,9-10H2,1-2H3,(H,19,20)/b4-3+,6-5-,8-7+. The van der Waals surface area contributed by atoms with E-state index in [-0.39, 0.29) is 22.6 Å². The van der Waals surface area contributed by atoms with Crippen molar-refractivity contribution < 1.29 is 33.7 Å². The molecule has 8 nitrogen and oxygen atoms in total. The minimum atomic E-state index is -1.25. The molecule has 0 saturated carbocycles. The van der Waals surface area contributed by atoms with E-state index in [9.17, 15) is 19.5 Å². The predicted molar refractivity (Wildman–Crippen MR) is 87.9 cm³/mol. The van der Waals surface area contributed by atoms with Crippen LogP contribution in [0.3, 0.4) is 0 Å². The number of carboxylic acid groups (broad SMARTS) is 1. The Morgan fingerprint density at radius 1 is 1.20 bits per heavy atom. The van der Waals surface area contributed by atoms with Crippen LogP contribution in [0.4, 0.5) is 0 Å². The SMILES string of the molecule is C/C=C/C=C\C(=O)OCc1c(OC)c(CO)c(/C=C/C(=O)O)oc1=O. The summed E-state index contributed by atoms with van der Waals surface area (Å²) in [5.74, 6) is -2.12. The number of allylic oxidation sites excluding steroid dienone is 3. The molecule has 0 fully saturated rings. The van der Waals surface area contributed by atoms with Gasteiger partial charge in [-0.05, 0) is 13.0 Å². The van der Waals surface area contributed by atoms with Gasteiger partial charge in [0.1, 0.15) is 23.7 Å². The summed E-state index contributed by atoms with van der Waals surface area (Å²) in [6.07, 6.45) is 7.77. The van der Waals surface area contributed by atoms with Crippen molar-refractivity contribution in [2.75, 3.05) is 7.11 Å². The molecule has 0 spiro atoms. The number of hydrogen-bond donors (Lipinski definition) is 2. The Kier molecular flexibility index (Phi) is 7.88. The second-order valence-electron chi connectivity index (χ2n) is 4.57. The summed E-state index contributed by atoms with van der Waals surface area (Å²) in [7, 11) is 1.26. The highest BCUT2D eigenvalue weighted by atomic mass is 16.5. The first-order valence-electron chi connectivity index (χ1n) is 7.15. The molecule has 0 atom stereocenters. The van der Waals surface area contributed by atoms with Crippen LogP contribution in [0.25, 0.3) is 6.08 Å². The zero-order valence-corrected chi connectivity index (χ0v) is 13.7. The van der Waals surface area contributed by atoms with Crippen LogP contribution in [0.2, 0.25) is 0 Å². The number of carboxylic acids is 1. The molecule has 1 rings (SSSR count). The fourth-order valence-electron chi connectivity index (χ4n) is 1.85. The Hall–Kier alpha value is -3.13. The summed E-state index contributed by atoms with van der Waals surface area (Å²) in [5, 5.41) is 18.1. The van der Waals surface area contributed by atoms with Gasteiger partial charge < -0.3 is 24.1 Å². The molecular formula is C17H18O8. The average molecular weight is 350 g/mol. The van der Waals surface area contributed by atoms with Gasteiger partial charge >= 0.3 is 17.6 Å². The average Bonchev–Trinajstić information content (AvgIpc) is 2.58. The lowest BCUT2D eigenvalue weighted by molar-refractivity contribution is -0.139. The Balaban J connectivity index is 3.18. The van der Waals surface area contributed by atoms with Crippen LogP contribution in [0.15, 0.2) is 39.6 Å². The molecule has 0 amide bonds. The van der Waals surface area contributed by atoms with Crippen LogP contribution in [0.5, 0.6) is 5.75 Å². The molecule has 0 unspecified atom stereocenters. The molecular weight excluding hydrogens is 332 g/mol. The van der Waals surface area contributed by atoms with Crippen molar-refractivity contribution in [3.63, 3.8) is 0 Å². The van der Waals surface area contributed by atoms with Gasteiger partial charge in [0.25, 0.3) is 0 Å². The molecule has 0 aromatic carbocycles. The van der Waals surface area contributed by atoms with Crippen molar-refractivity contribution >= 4 is 18.0 Å². The van der Waals surface area contributed by atoms with E-state index in [2.05, 4.69) is 0 Å². The van der Waals surface area contributed by atoms with Gasteiger partial charge in [-0.2, -0.15) is 0 Å². The van der Waals surface area contributed by atoms with E-state index in [1.807, 2.05) is 0 Å². The lowest BCUT2D eigenvalue weighted by atomic mass is 10.1. The Bertz CT molecular complexity index is 768. The molecule has 0 saturated heterocycles. The number of hydrogen-bond acceptors (Lipinski definition) is 7. The highest BCUT2D eigenvalue weighted by Crippen LogP contribution is 2.26. The van der Waals surface area contributed by atoms with Crippen LogP contribution in [0.1, 0.15) is 23.8 Å². The topological polar surface area (TPSA) is 123 Å². The summed E-state index contributed by atoms with van der Waals surface area (Å²) in [4.78, 5) is 34.2. The third-order valence-corrected chi connectivity index (χ3v) is 2.93. The maximum absolute atomic E-state index is 12.1. The number of carbonyl (C=O) groups is 2. The fraction of sp³-hybridized carbons (Fsp3) is 0.235. The largest absolute Gasteiger partial charge is 0.496 e. The van der Waals surface area contributed by atoms with E-state index in [1.54, 1.807) is 19.1 Å². The first-order valence-corrected chi connectivity index (χ1v) is 7.15. The maximum atomic E-state index is 12.1. The molecule has 0 aliphatic carbocycles. The maximum Gasteiger partial charge on any atom is 0.346 e. The van der Waals surface area contributed by atoms with E-state index in [1.165, 1.54) is 19.3 Å². The summed E-state index contributed by atoms with van der Waals surface area (Å²) in [5.41, 5.74) is -0.911. The number of carbonyl (C=O) groups excluding carboxylic acids is 1. The van der Waals surface area contributed by atoms with Gasteiger partial charge in [0.15, 0.2) is 0 Å². The second-order valence-corrected chi connectivity index (χ2v) is 4.57. The summed E-state index contributed by atoms with van der Waals surface area (Å²) >= 11 is 0. The minimum absolute atomic E-state index is 0.0333. The van der Waals surface area contributed by atoms with Crippen molar-refractivity contribution in [3.8, 4) is 5.75 Å². The Labute approximate surface area is 143 Å². The van der Waals surface area contributed by atoms with Gasteiger partial charge in [-0.1, -0.05) is 18.2 Å². The second kappa shape index (κ2) is 9.89. The number of aliphatic hydroxyl groups is 1. The first-order chi connectivity index (χ1) is 11.9. The number of ether oxygens (including phenoxy) is 2. The van der Waals surface area contributed by atoms with Gasteiger partial charge in [0.05, 0.1) is 19.3 Å². The predicted octanol–water partition coefficient (Wildman–Crippen LogP) is 1.41. The van der Waals surface area contributed by atoms with E-state index in [0.717, 1.165) is 12.2 Å². The van der Waals surface area contributed by atoms with E-state index >= 15 is 0 Å². The van der Waals surface area contributed by atoms with Crippen LogP contribution in [-0.2, 0) is 27.5 Å². The monoisotopic (exact) mass is 350 g/mol. The number of rotatable bonds is 8. The summed E-state index contributed by atoms with van der Waals surface area (Å²) in [6.45, 7) is 0.775. The zero-order valence-electron chi connectivity index (χ0n) is 13.7. The quantitative estimate of drug-likeness (QED) is 0.410. The van der Waals surface area contributed by atoms with E-state index in [4.69, 9.17) is 19.0 Å². The third kappa shape index (κ3) is 5.78.